The molecule has 1 unspecified atom stereocenters. The average Bonchev–Trinajstić information content (AvgIpc) is 3.18. The summed E-state index contributed by atoms with van der Waals surface area (Å²) in [6.45, 7) is 7.13. The summed E-state index contributed by atoms with van der Waals surface area (Å²) in [5, 5.41) is 13.8. The molecule has 1 amide bonds. The summed E-state index contributed by atoms with van der Waals surface area (Å²) in [6, 6.07) is 14.0. The summed E-state index contributed by atoms with van der Waals surface area (Å²) in [7, 11) is 0. The molecule has 28 heavy (non-hydrogen) atoms. The summed E-state index contributed by atoms with van der Waals surface area (Å²) >= 11 is 0. The first-order valence-corrected chi connectivity index (χ1v) is 9.69. The van der Waals surface area contributed by atoms with Crippen LogP contribution in [-0.2, 0) is 13.0 Å². The van der Waals surface area contributed by atoms with E-state index in [1.165, 1.54) is 11.1 Å². The third-order valence-corrected chi connectivity index (χ3v) is 5.10. The molecule has 1 atom stereocenters. The van der Waals surface area contributed by atoms with Crippen molar-refractivity contribution in [1.29, 1.82) is 0 Å². The molecule has 1 aromatic heterocycles. The van der Waals surface area contributed by atoms with E-state index in [0.717, 1.165) is 24.4 Å². The molecule has 1 aliphatic rings. The minimum atomic E-state index is -0.124. The second-order valence-electron chi connectivity index (χ2n) is 7.67. The lowest BCUT2D eigenvalue weighted by Crippen LogP contribution is -2.33. The molecule has 0 spiro atoms. The van der Waals surface area contributed by atoms with Crippen LogP contribution in [-0.4, -0.2) is 27.1 Å². The van der Waals surface area contributed by atoms with Crippen molar-refractivity contribution < 1.29 is 4.79 Å². The van der Waals surface area contributed by atoms with E-state index in [0.29, 0.717) is 23.1 Å². The molecule has 0 saturated heterocycles. The molecule has 3 aromatic rings. The topological polar surface area (TPSA) is 82.7 Å². The molecule has 144 valence electrons. The number of aromatic amines is 1. The SMILES string of the molecule is CC1Cc2cc(C(=O)Nc3ccccc3-c3n[nH]c(C(C)C)n3)ccc2CN1. The van der Waals surface area contributed by atoms with E-state index in [2.05, 4.69) is 46.6 Å². The van der Waals surface area contributed by atoms with Crippen LogP contribution in [0.1, 0.15) is 54.0 Å². The van der Waals surface area contributed by atoms with Gasteiger partial charge in [0, 0.05) is 29.6 Å². The monoisotopic (exact) mass is 375 g/mol. The Balaban J connectivity index is 1.59. The zero-order valence-electron chi connectivity index (χ0n) is 16.4. The van der Waals surface area contributed by atoms with Gasteiger partial charge in [-0.2, -0.15) is 5.10 Å². The number of hydrogen-bond acceptors (Lipinski definition) is 4. The van der Waals surface area contributed by atoms with Crippen molar-refractivity contribution >= 4 is 11.6 Å². The summed E-state index contributed by atoms with van der Waals surface area (Å²) in [5.41, 5.74) is 4.67. The van der Waals surface area contributed by atoms with Crippen LogP contribution in [0.3, 0.4) is 0 Å². The Hall–Kier alpha value is -2.99. The maximum atomic E-state index is 12.9. The minimum Gasteiger partial charge on any atom is -0.321 e. The molecule has 1 aliphatic heterocycles. The Morgan fingerprint density at radius 3 is 2.79 bits per heavy atom. The van der Waals surface area contributed by atoms with Crippen LogP contribution in [0.25, 0.3) is 11.4 Å². The van der Waals surface area contributed by atoms with Gasteiger partial charge in [-0.25, -0.2) is 4.98 Å². The Morgan fingerprint density at radius 1 is 1.18 bits per heavy atom. The maximum absolute atomic E-state index is 12.9. The molecule has 6 heteroatoms. The molecular weight excluding hydrogens is 350 g/mol. The van der Waals surface area contributed by atoms with Gasteiger partial charge in [-0.3, -0.25) is 9.89 Å². The second kappa shape index (κ2) is 7.56. The standard InChI is InChI=1S/C22H25N5O/c1-13(2)20-25-21(27-26-20)18-6-4-5-7-19(18)24-22(28)15-8-9-16-12-23-14(3)10-17(16)11-15/h4-9,11,13-14,23H,10,12H2,1-3H3,(H,24,28)(H,25,26,27). The Labute approximate surface area is 164 Å². The van der Waals surface area contributed by atoms with Gasteiger partial charge in [0.15, 0.2) is 5.82 Å². The van der Waals surface area contributed by atoms with Crippen LogP contribution in [0.2, 0.25) is 0 Å². The molecular formula is C22H25N5O. The number of nitrogens with one attached hydrogen (secondary N) is 3. The molecule has 2 aromatic carbocycles. The number of nitrogens with zero attached hydrogens (tertiary/aromatic N) is 2. The molecule has 0 fully saturated rings. The predicted octanol–water partition coefficient (Wildman–Crippen LogP) is 3.88. The van der Waals surface area contributed by atoms with Gasteiger partial charge in [0.1, 0.15) is 5.82 Å². The van der Waals surface area contributed by atoms with Crippen LogP contribution >= 0.6 is 0 Å². The number of fused-ring (bicyclic) bond motifs is 1. The van der Waals surface area contributed by atoms with Crippen molar-refractivity contribution in [3.05, 3.63) is 65.0 Å². The van der Waals surface area contributed by atoms with Crippen LogP contribution in [0.4, 0.5) is 5.69 Å². The van der Waals surface area contributed by atoms with E-state index in [4.69, 9.17) is 0 Å². The molecule has 3 N–H and O–H groups in total. The number of hydrogen-bond donors (Lipinski definition) is 3. The van der Waals surface area contributed by atoms with Crippen molar-refractivity contribution in [3.8, 4) is 11.4 Å². The number of rotatable bonds is 4. The molecule has 0 bridgehead atoms. The largest absolute Gasteiger partial charge is 0.321 e. The Bertz CT molecular complexity index is 1010. The summed E-state index contributed by atoms with van der Waals surface area (Å²) < 4.78 is 0. The van der Waals surface area contributed by atoms with Crippen molar-refractivity contribution in [2.75, 3.05) is 5.32 Å². The lowest BCUT2D eigenvalue weighted by molar-refractivity contribution is 0.102. The van der Waals surface area contributed by atoms with Crippen molar-refractivity contribution in [2.45, 2.75) is 45.7 Å². The lowest BCUT2D eigenvalue weighted by atomic mass is 9.94. The highest BCUT2D eigenvalue weighted by Gasteiger charge is 2.18. The van der Waals surface area contributed by atoms with Crippen molar-refractivity contribution in [2.24, 2.45) is 0 Å². The molecule has 0 saturated carbocycles. The smallest absolute Gasteiger partial charge is 0.255 e. The number of H-pyrrole nitrogens is 1. The Morgan fingerprint density at radius 2 is 2.00 bits per heavy atom. The van der Waals surface area contributed by atoms with E-state index in [9.17, 15) is 4.79 Å². The van der Waals surface area contributed by atoms with Gasteiger partial charge in [-0.1, -0.05) is 32.0 Å². The van der Waals surface area contributed by atoms with Crippen LogP contribution < -0.4 is 10.6 Å². The maximum Gasteiger partial charge on any atom is 0.255 e. The predicted molar refractivity (Wildman–Crippen MR) is 110 cm³/mol. The number of para-hydroxylation sites is 1. The average molecular weight is 375 g/mol. The first-order chi connectivity index (χ1) is 13.5. The summed E-state index contributed by atoms with van der Waals surface area (Å²) in [5.74, 6) is 1.55. The van der Waals surface area contributed by atoms with Crippen LogP contribution in [0.5, 0.6) is 0 Å². The van der Waals surface area contributed by atoms with E-state index in [1.807, 2.05) is 42.5 Å². The Kier molecular flexibility index (Phi) is 4.96. The number of carbonyl (C=O) groups is 1. The fourth-order valence-electron chi connectivity index (χ4n) is 3.45. The van der Waals surface area contributed by atoms with E-state index < -0.39 is 0 Å². The van der Waals surface area contributed by atoms with Crippen molar-refractivity contribution in [3.63, 3.8) is 0 Å². The third kappa shape index (κ3) is 3.68. The molecule has 6 nitrogen and oxygen atoms in total. The van der Waals surface area contributed by atoms with Gasteiger partial charge in [-0.05, 0) is 48.7 Å². The molecule has 2 heterocycles. The summed E-state index contributed by atoms with van der Waals surface area (Å²) in [6.07, 6.45) is 0.933. The number of amides is 1. The number of aromatic nitrogens is 3. The number of carbonyl (C=O) groups excluding carboxylic acids is 1. The highest BCUT2D eigenvalue weighted by Crippen LogP contribution is 2.27. The number of benzene rings is 2. The van der Waals surface area contributed by atoms with Gasteiger partial charge in [0.2, 0.25) is 0 Å². The van der Waals surface area contributed by atoms with Gasteiger partial charge < -0.3 is 10.6 Å². The van der Waals surface area contributed by atoms with Gasteiger partial charge in [-0.15, -0.1) is 0 Å². The van der Waals surface area contributed by atoms with Gasteiger partial charge >= 0.3 is 0 Å². The summed E-state index contributed by atoms with van der Waals surface area (Å²) in [4.78, 5) is 17.5. The first kappa shape index (κ1) is 18.4. The fraction of sp³-hybridized carbons (Fsp3) is 0.318. The molecule has 0 radical (unpaired) electrons. The van der Waals surface area contributed by atoms with Gasteiger partial charge in [0.25, 0.3) is 5.91 Å². The van der Waals surface area contributed by atoms with Gasteiger partial charge in [0.05, 0.1) is 5.69 Å². The quantitative estimate of drug-likeness (QED) is 0.646. The normalized spacial score (nSPS) is 16.1. The second-order valence-corrected chi connectivity index (χ2v) is 7.67. The van der Waals surface area contributed by atoms with Crippen molar-refractivity contribution in [1.82, 2.24) is 20.5 Å². The van der Waals surface area contributed by atoms with Crippen LogP contribution in [0.15, 0.2) is 42.5 Å². The first-order valence-electron chi connectivity index (χ1n) is 9.69. The van der Waals surface area contributed by atoms with E-state index in [1.54, 1.807) is 0 Å². The number of anilines is 1. The zero-order chi connectivity index (χ0) is 19.7. The van der Waals surface area contributed by atoms with E-state index >= 15 is 0 Å². The molecule has 4 rings (SSSR count). The minimum absolute atomic E-state index is 0.124. The highest BCUT2D eigenvalue weighted by molar-refractivity contribution is 6.06. The lowest BCUT2D eigenvalue weighted by Gasteiger charge is -2.23. The fourth-order valence-corrected chi connectivity index (χ4v) is 3.45. The molecule has 0 aliphatic carbocycles. The van der Waals surface area contributed by atoms with Crippen LogP contribution in [0, 0.1) is 0 Å². The van der Waals surface area contributed by atoms with E-state index in [-0.39, 0.29) is 11.8 Å². The zero-order valence-corrected chi connectivity index (χ0v) is 16.4. The highest BCUT2D eigenvalue weighted by atomic mass is 16.1. The third-order valence-electron chi connectivity index (χ3n) is 5.10.